The van der Waals surface area contributed by atoms with Crippen molar-refractivity contribution in [3.63, 3.8) is 0 Å². The lowest BCUT2D eigenvalue weighted by atomic mass is 9.90. The molecule has 0 bridgehead atoms. The molecule has 0 fully saturated rings. The lowest BCUT2D eigenvalue weighted by Crippen LogP contribution is -2.21. The number of rotatable bonds is 4. The van der Waals surface area contributed by atoms with Crippen molar-refractivity contribution in [3.05, 3.63) is 88.5 Å². The van der Waals surface area contributed by atoms with Gasteiger partial charge in [0.1, 0.15) is 17.4 Å². The van der Waals surface area contributed by atoms with Gasteiger partial charge in [-0.25, -0.2) is 8.78 Å². The number of hydrogen-bond acceptors (Lipinski definition) is 2. The van der Waals surface area contributed by atoms with E-state index in [9.17, 15) is 35.8 Å². The molecule has 0 saturated heterocycles. The Morgan fingerprint density at radius 1 is 0.733 bits per heavy atom. The minimum atomic E-state index is -4.68. The van der Waals surface area contributed by atoms with Crippen LogP contribution in [0, 0.1) is 30.2 Å². The monoisotopic (exact) mass is 430 g/mol. The highest BCUT2D eigenvalue weighted by atomic mass is 19.4. The van der Waals surface area contributed by atoms with Crippen LogP contribution in [0.4, 0.5) is 30.7 Å². The van der Waals surface area contributed by atoms with Crippen molar-refractivity contribution in [2.75, 3.05) is 0 Å². The predicted molar refractivity (Wildman–Crippen MR) is 93.5 cm³/mol. The van der Waals surface area contributed by atoms with Crippen molar-refractivity contribution in [2.45, 2.75) is 19.0 Å². The summed E-state index contributed by atoms with van der Waals surface area (Å²) in [5, 5.41) is 9.28. The van der Waals surface area contributed by atoms with E-state index in [0.29, 0.717) is 0 Å². The van der Waals surface area contributed by atoms with Gasteiger partial charge in [-0.15, -0.1) is 0 Å². The predicted octanol–water partition coefficient (Wildman–Crippen LogP) is 6.74. The maximum Gasteiger partial charge on any atom is 0.399 e. The molecule has 0 heterocycles. The van der Waals surface area contributed by atoms with Gasteiger partial charge >= 0.3 is 6.18 Å². The first-order chi connectivity index (χ1) is 14.0. The number of hydrogen-bond donors (Lipinski definition) is 1. The van der Waals surface area contributed by atoms with E-state index in [2.05, 4.69) is 0 Å². The second-order valence-electron chi connectivity index (χ2n) is 6.45. The van der Waals surface area contributed by atoms with Crippen molar-refractivity contribution in [2.24, 2.45) is 0 Å². The van der Waals surface area contributed by atoms with Gasteiger partial charge in [0.25, 0.3) is 0 Å². The fourth-order valence-electron chi connectivity index (χ4n) is 2.89. The summed E-state index contributed by atoms with van der Waals surface area (Å²) >= 11 is 0. The van der Waals surface area contributed by atoms with Crippen molar-refractivity contribution < 1.29 is 40.6 Å². The molecule has 0 aliphatic rings. The first-order valence-electron chi connectivity index (χ1n) is 8.46. The van der Waals surface area contributed by atoms with Crippen LogP contribution in [0.2, 0.25) is 0 Å². The highest BCUT2D eigenvalue weighted by Crippen LogP contribution is 2.41. The molecule has 1 atom stereocenters. The minimum absolute atomic E-state index is 0.145. The SMILES string of the molecule is Cc1c(F)c(F)c(Oc2ccc(C(c3ccc(O)cc3)C(F)(F)F)cc2)c(F)c1F. The van der Waals surface area contributed by atoms with E-state index < -0.39 is 46.7 Å². The van der Waals surface area contributed by atoms with Crippen LogP contribution in [-0.4, -0.2) is 11.3 Å². The molecule has 0 aromatic heterocycles. The van der Waals surface area contributed by atoms with Gasteiger partial charge in [-0.2, -0.15) is 22.0 Å². The molecular formula is C21H13F7O2. The van der Waals surface area contributed by atoms with Crippen molar-refractivity contribution in [1.82, 2.24) is 0 Å². The molecule has 0 radical (unpaired) electrons. The van der Waals surface area contributed by atoms with Crippen LogP contribution in [0.25, 0.3) is 0 Å². The third-order valence-corrected chi connectivity index (χ3v) is 4.43. The van der Waals surface area contributed by atoms with Gasteiger partial charge in [-0.3, -0.25) is 0 Å². The summed E-state index contributed by atoms with van der Waals surface area (Å²) in [6.45, 7) is 0.843. The molecular weight excluding hydrogens is 417 g/mol. The summed E-state index contributed by atoms with van der Waals surface area (Å²) in [5.74, 6) is -10.7. The van der Waals surface area contributed by atoms with Gasteiger partial charge < -0.3 is 9.84 Å². The third kappa shape index (κ3) is 4.05. The number of phenolic OH excluding ortho intramolecular Hbond substituents is 1. The zero-order chi connectivity index (χ0) is 22.2. The summed E-state index contributed by atoms with van der Waals surface area (Å²) in [4.78, 5) is 0. The Labute approximate surface area is 166 Å². The van der Waals surface area contributed by atoms with Crippen LogP contribution in [0.3, 0.4) is 0 Å². The van der Waals surface area contributed by atoms with Crippen molar-refractivity contribution >= 4 is 0 Å². The van der Waals surface area contributed by atoms with E-state index >= 15 is 0 Å². The van der Waals surface area contributed by atoms with Crippen LogP contribution in [0.15, 0.2) is 48.5 Å². The largest absolute Gasteiger partial charge is 0.508 e. The number of alkyl halides is 3. The van der Waals surface area contributed by atoms with Crippen LogP contribution in [0.1, 0.15) is 22.6 Å². The Morgan fingerprint density at radius 2 is 1.17 bits per heavy atom. The average Bonchev–Trinajstić information content (AvgIpc) is 2.70. The Morgan fingerprint density at radius 3 is 1.60 bits per heavy atom. The van der Waals surface area contributed by atoms with Gasteiger partial charge in [-0.1, -0.05) is 24.3 Å². The zero-order valence-corrected chi connectivity index (χ0v) is 15.2. The quantitative estimate of drug-likeness (QED) is 0.367. The van der Waals surface area contributed by atoms with Crippen LogP contribution in [0.5, 0.6) is 17.2 Å². The molecule has 1 unspecified atom stereocenters. The number of phenols is 1. The molecule has 0 spiro atoms. The summed E-state index contributed by atoms with van der Waals surface area (Å²) in [5.41, 5.74) is -1.23. The van der Waals surface area contributed by atoms with Crippen molar-refractivity contribution in [3.8, 4) is 17.2 Å². The van der Waals surface area contributed by atoms with E-state index in [1.54, 1.807) is 0 Å². The zero-order valence-electron chi connectivity index (χ0n) is 15.2. The standard InChI is InChI=1S/C21H13F7O2/c1-10-16(22)18(24)20(19(25)17(10)23)30-14-8-4-12(5-9-14)15(21(26,27)28)11-2-6-13(29)7-3-11/h2-9,15,29H,1H3. The molecule has 3 aromatic carbocycles. The molecule has 158 valence electrons. The van der Waals surface area contributed by atoms with Crippen LogP contribution < -0.4 is 4.74 Å². The maximum atomic E-state index is 13.9. The maximum absolute atomic E-state index is 13.9. The summed E-state index contributed by atoms with van der Waals surface area (Å²) in [6.07, 6.45) is -4.68. The first kappa shape index (κ1) is 21.5. The molecule has 9 heteroatoms. The number of benzene rings is 3. The Bertz CT molecular complexity index is 1030. The molecule has 0 aliphatic heterocycles. The van der Waals surface area contributed by atoms with Crippen molar-refractivity contribution in [1.29, 1.82) is 0 Å². The Kier molecular flexibility index (Phi) is 5.65. The van der Waals surface area contributed by atoms with E-state index in [1.807, 2.05) is 0 Å². The fourth-order valence-corrected chi connectivity index (χ4v) is 2.89. The number of halogens is 7. The smallest absolute Gasteiger partial charge is 0.399 e. The van der Waals surface area contributed by atoms with Crippen LogP contribution in [-0.2, 0) is 0 Å². The summed E-state index contributed by atoms with van der Waals surface area (Å²) in [7, 11) is 0. The van der Waals surface area contributed by atoms with Gasteiger partial charge in [0.15, 0.2) is 11.6 Å². The molecule has 2 nitrogen and oxygen atoms in total. The molecule has 0 saturated carbocycles. The molecule has 3 aromatic rings. The van der Waals surface area contributed by atoms with Gasteiger partial charge in [0.2, 0.25) is 17.4 Å². The lowest BCUT2D eigenvalue weighted by Gasteiger charge is -2.21. The molecule has 1 N–H and O–H groups in total. The Hall–Kier alpha value is -3.23. The lowest BCUT2D eigenvalue weighted by molar-refractivity contribution is -0.141. The molecule has 0 aliphatic carbocycles. The van der Waals surface area contributed by atoms with E-state index in [0.717, 1.165) is 55.5 Å². The van der Waals surface area contributed by atoms with Gasteiger partial charge in [-0.05, 0) is 42.3 Å². The average molecular weight is 430 g/mol. The second kappa shape index (κ2) is 7.89. The summed E-state index contributed by atoms with van der Waals surface area (Å²) in [6, 6.07) is 8.44. The first-order valence-corrected chi connectivity index (χ1v) is 8.46. The molecule has 0 amide bonds. The van der Waals surface area contributed by atoms with E-state index in [-0.39, 0.29) is 22.6 Å². The van der Waals surface area contributed by atoms with Gasteiger partial charge in [0.05, 0.1) is 0 Å². The van der Waals surface area contributed by atoms with Crippen LogP contribution >= 0.6 is 0 Å². The second-order valence-corrected chi connectivity index (χ2v) is 6.45. The van der Waals surface area contributed by atoms with E-state index in [1.165, 1.54) is 0 Å². The molecule has 3 rings (SSSR count). The number of aromatic hydroxyl groups is 1. The minimum Gasteiger partial charge on any atom is -0.508 e. The highest BCUT2D eigenvalue weighted by molar-refractivity contribution is 5.42. The van der Waals surface area contributed by atoms with E-state index in [4.69, 9.17) is 4.74 Å². The fraction of sp³-hybridized carbons (Fsp3) is 0.143. The number of ether oxygens (including phenoxy) is 1. The molecule has 30 heavy (non-hydrogen) atoms. The van der Waals surface area contributed by atoms with Gasteiger partial charge in [0, 0.05) is 5.56 Å². The topological polar surface area (TPSA) is 29.5 Å². The third-order valence-electron chi connectivity index (χ3n) is 4.43. The Balaban J connectivity index is 1.95. The summed E-state index contributed by atoms with van der Waals surface area (Å²) < 4.78 is 101. The normalized spacial score (nSPS) is 12.7. The highest BCUT2D eigenvalue weighted by Gasteiger charge is 2.41.